The Balaban J connectivity index is 2.43. The Hall–Kier alpha value is -2.83. The number of aryl methyl sites for hydroxylation is 1. The van der Waals surface area contributed by atoms with Crippen molar-refractivity contribution >= 4 is 17.1 Å². The van der Waals surface area contributed by atoms with Crippen molar-refractivity contribution in [3.05, 3.63) is 51.2 Å². The Morgan fingerprint density at radius 3 is 2.55 bits per heavy atom. The number of nitrogens with one attached hydrogen (secondary N) is 2. The van der Waals surface area contributed by atoms with Crippen molar-refractivity contribution < 1.29 is 0 Å². The van der Waals surface area contributed by atoms with E-state index in [4.69, 9.17) is 0 Å². The average Bonchev–Trinajstić information content (AvgIpc) is 2.87. The molecule has 7 heteroatoms. The molecule has 0 atom stereocenters. The fraction of sp³-hybridized carbons (Fsp3) is 0.267. The van der Waals surface area contributed by atoms with Gasteiger partial charge in [-0.05, 0) is 26.0 Å². The predicted octanol–water partition coefficient (Wildman–Crippen LogP) is 1.33. The van der Waals surface area contributed by atoms with Gasteiger partial charge >= 0.3 is 5.69 Å². The number of anilines is 1. The zero-order valence-corrected chi connectivity index (χ0v) is 12.5. The van der Waals surface area contributed by atoms with Gasteiger partial charge in [0, 0.05) is 13.1 Å². The van der Waals surface area contributed by atoms with Gasteiger partial charge < -0.3 is 9.88 Å². The molecule has 0 amide bonds. The topological polar surface area (TPSA) is 84.7 Å². The third-order valence-electron chi connectivity index (χ3n) is 3.47. The normalized spacial score (nSPS) is 11.0. The van der Waals surface area contributed by atoms with Crippen LogP contribution >= 0.6 is 0 Å². The Labute approximate surface area is 126 Å². The van der Waals surface area contributed by atoms with E-state index in [0.29, 0.717) is 35.9 Å². The van der Waals surface area contributed by atoms with Crippen molar-refractivity contribution in [1.29, 1.82) is 0 Å². The number of rotatable bonds is 4. The number of benzene rings is 1. The van der Waals surface area contributed by atoms with E-state index in [2.05, 4.69) is 15.3 Å². The van der Waals surface area contributed by atoms with Gasteiger partial charge in [0.25, 0.3) is 5.56 Å². The first-order valence-electron chi connectivity index (χ1n) is 7.22. The summed E-state index contributed by atoms with van der Waals surface area (Å²) in [5, 5.41) is 3.13. The van der Waals surface area contributed by atoms with Crippen LogP contribution in [0, 0.1) is 0 Å². The van der Waals surface area contributed by atoms with E-state index in [1.165, 1.54) is 4.57 Å². The van der Waals surface area contributed by atoms with Crippen LogP contribution < -0.4 is 16.6 Å². The van der Waals surface area contributed by atoms with Gasteiger partial charge in [-0.2, -0.15) is 4.98 Å². The van der Waals surface area contributed by atoms with Crippen LogP contribution in [0.3, 0.4) is 0 Å². The largest absolute Gasteiger partial charge is 0.356 e. The number of imidazole rings is 1. The van der Waals surface area contributed by atoms with Gasteiger partial charge in [-0.15, -0.1) is 0 Å². The summed E-state index contributed by atoms with van der Waals surface area (Å²) in [5.41, 5.74) is 0.496. The molecule has 0 radical (unpaired) electrons. The molecule has 0 saturated heterocycles. The number of aromatic amines is 1. The molecule has 1 aromatic carbocycles. The van der Waals surface area contributed by atoms with Gasteiger partial charge in [0.1, 0.15) is 0 Å². The summed E-state index contributed by atoms with van der Waals surface area (Å²) < 4.78 is 3.19. The molecule has 2 heterocycles. The maximum absolute atomic E-state index is 12.3. The zero-order valence-electron chi connectivity index (χ0n) is 12.5. The highest BCUT2D eigenvalue weighted by molar-refractivity contribution is 5.76. The molecule has 0 fully saturated rings. The second-order valence-electron chi connectivity index (χ2n) is 4.81. The van der Waals surface area contributed by atoms with Crippen molar-refractivity contribution in [1.82, 2.24) is 19.1 Å². The quantitative estimate of drug-likeness (QED) is 0.761. The fourth-order valence-electron chi connectivity index (χ4n) is 2.55. The molecule has 0 aliphatic heterocycles. The fourth-order valence-corrected chi connectivity index (χ4v) is 2.55. The molecule has 7 nitrogen and oxygen atoms in total. The van der Waals surface area contributed by atoms with E-state index in [9.17, 15) is 9.59 Å². The third-order valence-corrected chi connectivity index (χ3v) is 3.47. The summed E-state index contributed by atoms with van der Waals surface area (Å²) >= 11 is 0. The lowest BCUT2D eigenvalue weighted by atomic mass is 10.3. The van der Waals surface area contributed by atoms with E-state index in [1.807, 2.05) is 32.0 Å². The smallest absolute Gasteiger partial charge is 0.334 e. The van der Waals surface area contributed by atoms with E-state index in [-0.39, 0.29) is 0 Å². The van der Waals surface area contributed by atoms with Crippen molar-refractivity contribution in [2.75, 3.05) is 11.9 Å². The van der Waals surface area contributed by atoms with Crippen molar-refractivity contribution in [2.24, 2.45) is 0 Å². The van der Waals surface area contributed by atoms with E-state index >= 15 is 0 Å². The minimum Gasteiger partial charge on any atom is -0.356 e. The molecule has 2 N–H and O–H groups in total. The van der Waals surface area contributed by atoms with Crippen LogP contribution in [0.1, 0.15) is 13.8 Å². The molecule has 0 bridgehead atoms. The van der Waals surface area contributed by atoms with Crippen LogP contribution in [0.4, 0.5) is 5.95 Å². The van der Waals surface area contributed by atoms with Gasteiger partial charge in [0.2, 0.25) is 5.95 Å². The molecular formula is C15H17N5O2. The van der Waals surface area contributed by atoms with Gasteiger partial charge in [0.05, 0.1) is 5.69 Å². The van der Waals surface area contributed by atoms with E-state index in [1.54, 1.807) is 16.7 Å². The molecule has 0 spiro atoms. The molecule has 0 aliphatic rings. The second kappa shape index (κ2) is 5.51. The maximum Gasteiger partial charge on any atom is 0.334 e. The Kier molecular flexibility index (Phi) is 3.54. The van der Waals surface area contributed by atoms with Crippen LogP contribution in [0.5, 0.6) is 0 Å². The molecule has 0 unspecified atom stereocenters. The van der Waals surface area contributed by atoms with Crippen molar-refractivity contribution in [3.8, 4) is 5.69 Å². The summed E-state index contributed by atoms with van der Waals surface area (Å²) in [6, 6.07) is 9.14. The molecule has 3 rings (SSSR count). The van der Waals surface area contributed by atoms with E-state index < -0.39 is 11.2 Å². The Bertz CT molecular complexity index is 921. The first-order chi connectivity index (χ1) is 10.7. The molecule has 3 aromatic rings. The lowest BCUT2D eigenvalue weighted by molar-refractivity contribution is 0.784. The molecule has 2 aromatic heterocycles. The number of H-pyrrole nitrogens is 1. The first kappa shape index (κ1) is 14.1. The van der Waals surface area contributed by atoms with Gasteiger partial charge in [-0.25, -0.2) is 9.36 Å². The summed E-state index contributed by atoms with van der Waals surface area (Å²) in [5.74, 6) is 0.584. The molecule has 114 valence electrons. The van der Waals surface area contributed by atoms with Crippen LogP contribution in [0.2, 0.25) is 0 Å². The van der Waals surface area contributed by atoms with Crippen LogP contribution in [-0.2, 0) is 6.54 Å². The maximum atomic E-state index is 12.3. The van der Waals surface area contributed by atoms with Crippen molar-refractivity contribution in [3.63, 3.8) is 0 Å². The second-order valence-corrected chi connectivity index (χ2v) is 4.81. The average molecular weight is 299 g/mol. The Morgan fingerprint density at radius 1 is 1.18 bits per heavy atom. The summed E-state index contributed by atoms with van der Waals surface area (Å²) in [6.07, 6.45) is 0. The standard InChI is InChI=1S/C15H17N5O2/c1-3-16-14-17-12-11(19(14)4-2)13(21)18-15(22)20(12)10-8-6-5-7-9-10/h5-9H,3-4H2,1-2H3,(H,16,17)(H,18,21,22). The molecule has 0 saturated carbocycles. The molecular weight excluding hydrogens is 282 g/mol. The molecule has 22 heavy (non-hydrogen) atoms. The SMILES string of the molecule is CCNc1nc2c(c(=O)[nH]c(=O)n2-c2ccccc2)n1CC. The van der Waals surface area contributed by atoms with Gasteiger partial charge in [0.15, 0.2) is 11.2 Å². The lowest BCUT2D eigenvalue weighted by Gasteiger charge is -2.06. The van der Waals surface area contributed by atoms with Crippen LogP contribution in [0.25, 0.3) is 16.9 Å². The predicted molar refractivity (Wildman–Crippen MR) is 85.8 cm³/mol. The number of fused-ring (bicyclic) bond motifs is 1. The van der Waals surface area contributed by atoms with Gasteiger partial charge in [-0.1, -0.05) is 18.2 Å². The number of hydrogen-bond acceptors (Lipinski definition) is 4. The van der Waals surface area contributed by atoms with Crippen LogP contribution in [-0.4, -0.2) is 25.6 Å². The summed E-state index contributed by atoms with van der Waals surface area (Å²) in [4.78, 5) is 31.3. The zero-order chi connectivity index (χ0) is 15.7. The number of para-hydroxylation sites is 1. The Morgan fingerprint density at radius 2 is 1.91 bits per heavy atom. The van der Waals surface area contributed by atoms with Crippen molar-refractivity contribution in [2.45, 2.75) is 20.4 Å². The highest BCUT2D eigenvalue weighted by atomic mass is 16.2. The number of aromatic nitrogens is 4. The highest BCUT2D eigenvalue weighted by Gasteiger charge is 2.18. The lowest BCUT2D eigenvalue weighted by Crippen LogP contribution is -2.30. The monoisotopic (exact) mass is 299 g/mol. The summed E-state index contributed by atoms with van der Waals surface area (Å²) in [6.45, 7) is 5.14. The van der Waals surface area contributed by atoms with E-state index in [0.717, 1.165) is 0 Å². The third kappa shape index (κ3) is 2.11. The summed E-state index contributed by atoms with van der Waals surface area (Å²) in [7, 11) is 0. The first-order valence-corrected chi connectivity index (χ1v) is 7.22. The minimum atomic E-state index is -0.493. The minimum absolute atomic E-state index is 0.359. The van der Waals surface area contributed by atoms with Crippen LogP contribution in [0.15, 0.2) is 39.9 Å². The van der Waals surface area contributed by atoms with Gasteiger partial charge in [-0.3, -0.25) is 9.78 Å². The highest BCUT2D eigenvalue weighted by Crippen LogP contribution is 2.17. The molecule has 0 aliphatic carbocycles. The number of nitrogens with zero attached hydrogens (tertiary/aromatic N) is 3. The number of hydrogen-bond donors (Lipinski definition) is 2.